The minimum atomic E-state index is -0.688. The minimum Gasteiger partial charge on any atom is -0.462 e. The van der Waals surface area contributed by atoms with Crippen molar-refractivity contribution in [2.24, 2.45) is 0 Å². The SMILES string of the molecule is CCOC(=O)c1sc(NC(=O)CSc2nnc(CNC(=O)Cc3ccccc3)n2-c2ccc([N+](=O)[O-])cc2)c(C(=O)OCC)c1C. The molecule has 16 heteroatoms. The zero-order chi connectivity index (χ0) is 33.2. The molecular weight excluding hydrogens is 636 g/mol. The van der Waals surface area contributed by atoms with Gasteiger partial charge in [0, 0.05) is 17.8 Å². The number of amides is 2. The first-order valence-corrected chi connectivity index (χ1v) is 15.8. The highest BCUT2D eigenvalue weighted by Crippen LogP contribution is 2.35. The molecule has 2 heterocycles. The quantitative estimate of drug-likeness (QED) is 0.0836. The van der Waals surface area contributed by atoms with Gasteiger partial charge in [-0.1, -0.05) is 42.1 Å². The van der Waals surface area contributed by atoms with Crippen molar-refractivity contribution >= 4 is 57.5 Å². The molecular formula is C30H30N6O8S2. The summed E-state index contributed by atoms with van der Waals surface area (Å²) in [4.78, 5) is 61.7. The number of carbonyl (C=O) groups is 4. The highest BCUT2D eigenvalue weighted by Gasteiger charge is 2.27. The third-order valence-electron chi connectivity index (χ3n) is 6.34. The van der Waals surface area contributed by atoms with Gasteiger partial charge in [0.25, 0.3) is 5.69 Å². The molecule has 4 aromatic rings. The van der Waals surface area contributed by atoms with Crippen LogP contribution in [0.5, 0.6) is 0 Å². The Morgan fingerprint density at radius 3 is 2.28 bits per heavy atom. The van der Waals surface area contributed by atoms with Gasteiger partial charge in [0.05, 0.1) is 42.4 Å². The molecule has 0 bridgehead atoms. The number of nitrogens with zero attached hydrogens (tertiary/aromatic N) is 4. The zero-order valence-electron chi connectivity index (χ0n) is 25.1. The first-order chi connectivity index (χ1) is 22.1. The fraction of sp³-hybridized carbons (Fsp3) is 0.267. The van der Waals surface area contributed by atoms with E-state index in [1.807, 2.05) is 30.3 Å². The first-order valence-electron chi connectivity index (χ1n) is 14.0. The Bertz CT molecular complexity index is 1740. The number of thiophene rings is 1. The molecule has 0 saturated heterocycles. The number of ether oxygens (including phenoxy) is 2. The Morgan fingerprint density at radius 1 is 0.957 bits per heavy atom. The number of benzene rings is 2. The van der Waals surface area contributed by atoms with Crippen LogP contribution in [-0.4, -0.2) is 62.4 Å². The topological polar surface area (TPSA) is 185 Å². The molecule has 2 aromatic heterocycles. The van der Waals surface area contributed by atoms with E-state index in [4.69, 9.17) is 9.47 Å². The van der Waals surface area contributed by atoms with Gasteiger partial charge in [-0.25, -0.2) is 9.59 Å². The predicted octanol–water partition coefficient (Wildman–Crippen LogP) is 4.49. The van der Waals surface area contributed by atoms with Crippen LogP contribution in [-0.2, 0) is 32.0 Å². The van der Waals surface area contributed by atoms with Crippen LogP contribution in [0.2, 0.25) is 0 Å². The second-order valence-electron chi connectivity index (χ2n) is 9.48. The van der Waals surface area contributed by atoms with Crippen molar-refractivity contribution in [2.45, 2.75) is 38.9 Å². The number of carbonyl (C=O) groups excluding carboxylic acids is 4. The van der Waals surface area contributed by atoms with Gasteiger partial charge in [-0.15, -0.1) is 21.5 Å². The maximum Gasteiger partial charge on any atom is 0.348 e. The molecule has 0 saturated carbocycles. The van der Waals surface area contributed by atoms with Crippen LogP contribution in [0, 0.1) is 17.0 Å². The van der Waals surface area contributed by atoms with Gasteiger partial charge in [-0.05, 0) is 44.0 Å². The lowest BCUT2D eigenvalue weighted by atomic mass is 10.1. The normalized spacial score (nSPS) is 10.7. The molecule has 240 valence electrons. The molecule has 46 heavy (non-hydrogen) atoms. The Balaban J connectivity index is 1.54. The summed E-state index contributed by atoms with van der Waals surface area (Å²) < 4.78 is 11.8. The lowest BCUT2D eigenvalue weighted by molar-refractivity contribution is -0.384. The Kier molecular flexibility index (Phi) is 11.6. The number of anilines is 1. The summed E-state index contributed by atoms with van der Waals surface area (Å²) >= 11 is 1.93. The molecule has 2 aromatic carbocycles. The number of nitro benzene ring substituents is 1. The summed E-state index contributed by atoms with van der Waals surface area (Å²) in [5, 5.41) is 25.5. The van der Waals surface area contributed by atoms with Crippen molar-refractivity contribution < 1.29 is 33.6 Å². The monoisotopic (exact) mass is 666 g/mol. The minimum absolute atomic E-state index is 0.00355. The van der Waals surface area contributed by atoms with Crippen LogP contribution in [0.4, 0.5) is 10.7 Å². The largest absolute Gasteiger partial charge is 0.462 e. The summed E-state index contributed by atoms with van der Waals surface area (Å²) in [5.74, 6) is -1.92. The molecule has 0 atom stereocenters. The summed E-state index contributed by atoms with van der Waals surface area (Å²) in [6.45, 7) is 5.11. The van der Waals surface area contributed by atoms with E-state index in [9.17, 15) is 29.3 Å². The Labute approximate surface area is 271 Å². The summed E-state index contributed by atoms with van der Waals surface area (Å²) in [6, 6.07) is 14.9. The number of thioether (sulfide) groups is 1. The number of nitrogens with one attached hydrogen (secondary N) is 2. The standard InChI is InChI=1S/C30H30N6O8S2/c1-4-43-28(39)25-18(3)26(29(40)44-5-2)46-27(25)32-24(38)17-45-30-34-33-22(16-31-23(37)15-19-9-7-6-8-10-19)35(30)20-11-13-21(14-12-20)36(41)42/h6-14H,4-5,15-17H2,1-3H3,(H,31,37)(H,32,38). The van der Waals surface area contributed by atoms with E-state index in [0.29, 0.717) is 17.1 Å². The Hall–Kier alpha value is -5.09. The van der Waals surface area contributed by atoms with E-state index in [0.717, 1.165) is 28.7 Å². The number of esters is 2. The lowest BCUT2D eigenvalue weighted by Gasteiger charge is -2.11. The molecule has 0 unspecified atom stereocenters. The predicted molar refractivity (Wildman–Crippen MR) is 170 cm³/mol. The maximum absolute atomic E-state index is 13.1. The van der Waals surface area contributed by atoms with Crippen molar-refractivity contribution in [1.82, 2.24) is 20.1 Å². The van der Waals surface area contributed by atoms with E-state index >= 15 is 0 Å². The van der Waals surface area contributed by atoms with E-state index in [2.05, 4.69) is 20.8 Å². The van der Waals surface area contributed by atoms with Crippen molar-refractivity contribution in [3.63, 3.8) is 0 Å². The molecule has 0 aliphatic carbocycles. The van der Waals surface area contributed by atoms with Crippen LogP contribution in [0.1, 0.15) is 50.8 Å². The lowest BCUT2D eigenvalue weighted by Crippen LogP contribution is -2.26. The molecule has 14 nitrogen and oxygen atoms in total. The van der Waals surface area contributed by atoms with Gasteiger partial charge in [-0.3, -0.25) is 24.3 Å². The second kappa shape index (κ2) is 15.8. The molecule has 4 rings (SSSR count). The molecule has 0 spiro atoms. The van der Waals surface area contributed by atoms with Crippen LogP contribution >= 0.6 is 23.1 Å². The van der Waals surface area contributed by atoms with Crippen molar-refractivity contribution in [3.05, 3.63) is 92.1 Å². The van der Waals surface area contributed by atoms with Crippen LogP contribution in [0.25, 0.3) is 5.69 Å². The second-order valence-corrected chi connectivity index (χ2v) is 11.4. The van der Waals surface area contributed by atoms with Crippen LogP contribution < -0.4 is 10.6 Å². The first kappa shape index (κ1) is 33.8. The molecule has 0 aliphatic heterocycles. The number of rotatable bonds is 14. The number of hydrogen-bond acceptors (Lipinski definition) is 12. The van der Waals surface area contributed by atoms with Gasteiger partial charge in [0.1, 0.15) is 9.88 Å². The van der Waals surface area contributed by atoms with Gasteiger partial charge in [0.15, 0.2) is 11.0 Å². The number of non-ortho nitro benzene ring substituents is 1. The zero-order valence-corrected chi connectivity index (χ0v) is 26.7. The molecule has 2 amide bonds. The van der Waals surface area contributed by atoms with Gasteiger partial charge >= 0.3 is 11.9 Å². The van der Waals surface area contributed by atoms with Crippen molar-refractivity contribution in [1.29, 1.82) is 0 Å². The van der Waals surface area contributed by atoms with Crippen LogP contribution in [0.3, 0.4) is 0 Å². The van der Waals surface area contributed by atoms with Gasteiger partial charge < -0.3 is 20.1 Å². The van der Waals surface area contributed by atoms with E-state index < -0.39 is 22.8 Å². The number of hydrogen-bond donors (Lipinski definition) is 2. The Morgan fingerprint density at radius 2 is 1.63 bits per heavy atom. The average molecular weight is 667 g/mol. The molecule has 0 radical (unpaired) electrons. The smallest absolute Gasteiger partial charge is 0.348 e. The van der Waals surface area contributed by atoms with Crippen molar-refractivity contribution in [2.75, 3.05) is 24.3 Å². The molecule has 0 fully saturated rings. The van der Waals surface area contributed by atoms with E-state index in [1.165, 1.54) is 24.3 Å². The van der Waals surface area contributed by atoms with Crippen molar-refractivity contribution in [3.8, 4) is 5.69 Å². The van der Waals surface area contributed by atoms with Crippen LogP contribution in [0.15, 0.2) is 59.8 Å². The maximum atomic E-state index is 13.1. The number of aromatic nitrogens is 3. The summed E-state index contributed by atoms with van der Waals surface area (Å²) in [6.07, 6.45) is 0.155. The fourth-order valence-electron chi connectivity index (χ4n) is 4.25. The fourth-order valence-corrected chi connectivity index (χ4v) is 6.12. The van der Waals surface area contributed by atoms with E-state index in [1.54, 1.807) is 25.3 Å². The molecule has 2 N–H and O–H groups in total. The van der Waals surface area contributed by atoms with Gasteiger partial charge in [-0.2, -0.15) is 0 Å². The van der Waals surface area contributed by atoms with E-state index in [-0.39, 0.29) is 64.1 Å². The third-order valence-corrected chi connectivity index (χ3v) is 8.46. The summed E-state index contributed by atoms with van der Waals surface area (Å²) in [5.41, 5.74) is 1.59. The van der Waals surface area contributed by atoms with Gasteiger partial charge in [0.2, 0.25) is 11.8 Å². The number of nitro groups is 1. The summed E-state index contributed by atoms with van der Waals surface area (Å²) in [7, 11) is 0. The highest BCUT2D eigenvalue weighted by molar-refractivity contribution is 7.99. The molecule has 0 aliphatic rings. The average Bonchev–Trinajstić information content (AvgIpc) is 3.59. The third kappa shape index (κ3) is 8.33. The highest BCUT2D eigenvalue weighted by atomic mass is 32.2.